The van der Waals surface area contributed by atoms with E-state index < -0.39 is 18.8 Å². The van der Waals surface area contributed by atoms with E-state index in [0.29, 0.717) is 0 Å². The number of alkyl halides is 3. The normalized spacial score (nSPS) is 11.8. The Morgan fingerprint density at radius 2 is 1.60 bits per heavy atom. The minimum absolute atomic E-state index is 2.43. The molecular weight excluding hydrogens is 163 g/mol. The lowest BCUT2D eigenvalue weighted by Gasteiger charge is -2.02. The quantitative estimate of drug-likeness (QED) is 0.432. The van der Waals surface area contributed by atoms with Gasteiger partial charge in [-0.15, -0.1) is 0 Å². The average Bonchev–Trinajstić information content (AvgIpc) is 1.60. The minimum Gasteiger partial charge on any atom is -0.386 e. The number of carbonyl (C=O) groups is 1. The number of carbonyl (C=O) groups excluding carboxylic acids is 1. The van der Waals surface area contributed by atoms with Gasteiger partial charge in [0.15, 0.2) is 0 Å². The summed E-state index contributed by atoms with van der Waals surface area (Å²) in [6.07, 6.45) is -5.37. The van der Waals surface area contributed by atoms with E-state index in [-0.39, 0.29) is 0 Å². The topological polar surface area (TPSA) is 26.3 Å². The third-order valence-corrected chi connectivity index (χ3v) is 0.401. The monoisotopic (exact) mass is 163 g/mol. The lowest BCUT2D eigenvalue weighted by Crippen LogP contribution is -2.25. The molecule has 0 spiro atoms. The van der Waals surface area contributed by atoms with Gasteiger partial charge in [-0.1, -0.05) is 0 Å². The van der Waals surface area contributed by atoms with Gasteiger partial charge in [0, 0.05) is 0 Å². The van der Waals surface area contributed by atoms with Crippen LogP contribution >= 0.6 is 0 Å². The SMILES string of the molecule is O=C(O[C](F)F)C(F)(F)F. The van der Waals surface area contributed by atoms with Crippen LogP contribution < -0.4 is 0 Å². The van der Waals surface area contributed by atoms with Crippen LogP contribution in [0.25, 0.3) is 0 Å². The molecule has 0 rings (SSSR count). The van der Waals surface area contributed by atoms with Crippen molar-refractivity contribution in [2.45, 2.75) is 6.18 Å². The van der Waals surface area contributed by atoms with Gasteiger partial charge in [-0.25, -0.2) is 4.79 Å². The largest absolute Gasteiger partial charge is 0.510 e. The fraction of sp³-hybridized carbons (Fsp3) is 0.333. The van der Waals surface area contributed by atoms with Crippen LogP contribution in [0.4, 0.5) is 22.0 Å². The molecular formula is C3F5O2. The summed E-state index contributed by atoms with van der Waals surface area (Å²) in [6, 6.07) is 0. The predicted molar refractivity (Wildman–Crippen MR) is 17.6 cm³/mol. The van der Waals surface area contributed by atoms with Crippen molar-refractivity contribution >= 4 is 5.97 Å². The first-order valence-electron chi connectivity index (χ1n) is 1.81. The average molecular weight is 163 g/mol. The Labute approximate surface area is 51.6 Å². The van der Waals surface area contributed by atoms with Crippen molar-refractivity contribution in [3.8, 4) is 0 Å². The van der Waals surface area contributed by atoms with Gasteiger partial charge in [-0.2, -0.15) is 22.0 Å². The summed E-state index contributed by atoms with van der Waals surface area (Å²) in [5.74, 6) is -2.92. The van der Waals surface area contributed by atoms with E-state index in [1.807, 2.05) is 0 Å². The molecule has 0 aliphatic heterocycles. The van der Waals surface area contributed by atoms with Crippen molar-refractivity contribution in [1.82, 2.24) is 0 Å². The van der Waals surface area contributed by atoms with Crippen LogP contribution in [0.2, 0.25) is 0 Å². The van der Waals surface area contributed by atoms with Gasteiger partial charge in [0.05, 0.1) is 0 Å². The molecule has 0 saturated carbocycles. The highest BCUT2D eigenvalue weighted by molar-refractivity contribution is 5.75. The fourth-order valence-electron chi connectivity index (χ4n) is 0.128. The molecule has 0 unspecified atom stereocenters. The summed E-state index contributed by atoms with van der Waals surface area (Å²) in [7, 11) is 0. The van der Waals surface area contributed by atoms with E-state index in [1.165, 1.54) is 0 Å². The summed E-state index contributed by atoms with van der Waals surface area (Å²) in [4.78, 5) is 9.43. The molecule has 0 saturated heterocycles. The first-order chi connectivity index (χ1) is 4.34. The van der Waals surface area contributed by atoms with Gasteiger partial charge in [-0.3, -0.25) is 0 Å². The molecule has 59 valence electrons. The molecule has 2 nitrogen and oxygen atoms in total. The summed E-state index contributed by atoms with van der Waals surface area (Å²) >= 11 is 0. The maximum Gasteiger partial charge on any atom is 0.510 e. The van der Waals surface area contributed by atoms with Crippen LogP contribution in [-0.4, -0.2) is 12.1 Å². The molecule has 0 aromatic heterocycles. The highest BCUT2D eigenvalue weighted by Gasteiger charge is 2.43. The van der Waals surface area contributed by atoms with Gasteiger partial charge in [0.25, 0.3) is 0 Å². The smallest absolute Gasteiger partial charge is 0.386 e. The van der Waals surface area contributed by atoms with Gasteiger partial charge in [0.1, 0.15) is 0 Å². The molecule has 0 bridgehead atoms. The second-order valence-electron chi connectivity index (χ2n) is 1.11. The first-order valence-corrected chi connectivity index (χ1v) is 1.81. The zero-order chi connectivity index (χ0) is 8.36. The molecule has 10 heavy (non-hydrogen) atoms. The third-order valence-electron chi connectivity index (χ3n) is 0.401. The van der Waals surface area contributed by atoms with Gasteiger partial charge in [-0.05, 0) is 0 Å². The standard InChI is InChI=1S/C3F5O2/c4-2(5)10-1(9)3(6,7)8. The molecule has 0 amide bonds. The maximum atomic E-state index is 11.0. The second kappa shape index (κ2) is 2.80. The van der Waals surface area contributed by atoms with Crippen LogP contribution in [0.1, 0.15) is 0 Å². The van der Waals surface area contributed by atoms with Crippen molar-refractivity contribution in [2.24, 2.45) is 0 Å². The van der Waals surface area contributed by atoms with Gasteiger partial charge >= 0.3 is 18.8 Å². The summed E-state index contributed by atoms with van der Waals surface area (Å²) < 4.78 is 57.0. The van der Waals surface area contributed by atoms with Crippen LogP contribution in [0.5, 0.6) is 0 Å². The number of esters is 1. The number of hydrogen-bond donors (Lipinski definition) is 0. The van der Waals surface area contributed by atoms with E-state index in [4.69, 9.17) is 0 Å². The Balaban J connectivity index is 3.87. The summed E-state index contributed by atoms with van der Waals surface area (Å²) in [5.41, 5.74) is 0. The summed E-state index contributed by atoms with van der Waals surface area (Å²) in [6.45, 7) is -3.03. The van der Waals surface area contributed by atoms with Crippen molar-refractivity contribution in [3.63, 3.8) is 0 Å². The molecule has 1 radical (unpaired) electrons. The highest BCUT2D eigenvalue weighted by Crippen LogP contribution is 2.19. The molecule has 0 aliphatic rings. The van der Waals surface area contributed by atoms with E-state index in [0.717, 1.165) is 0 Å². The first kappa shape index (κ1) is 9.12. The number of rotatable bonds is 1. The van der Waals surface area contributed by atoms with Crippen LogP contribution in [0.3, 0.4) is 0 Å². The van der Waals surface area contributed by atoms with Crippen molar-refractivity contribution < 1.29 is 31.5 Å². The third kappa shape index (κ3) is 3.21. The Bertz CT molecular complexity index is 127. The molecule has 0 fully saturated rings. The van der Waals surface area contributed by atoms with E-state index in [1.54, 1.807) is 0 Å². The van der Waals surface area contributed by atoms with E-state index >= 15 is 0 Å². The Morgan fingerprint density at radius 1 is 1.20 bits per heavy atom. The molecule has 0 N–H and O–H groups in total. The zero-order valence-corrected chi connectivity index (χ0v) is 4.21. The van der Waals surface area contributed by atoms with Crippen LogP contribution in [0.15, 0.2) is 0 Å². The number of halogens is 5. The molecule has 0 heterocycles. The molecule has 0 atom stereocenters. The van der Waals surface area contributed by atoms with Crippen molar-refractivity contribution in [3.05, 3.63) is 6.61 Å². The van der Waals surface area contributed by atoms with Crippen molar-refractivity contribution in [1.29, 1.82) is 0 Å². The predicted octanol–water partition coefficient (Wildman–Crippen LogP) is 1.48. The molecule has 0 aromatic rings. The highest BCUT2D eigenvalue weighted by atomic mass is 19.4. The molecule has 0 aromatic carbocycles. The molecule has 0 aliphatic carbocycles. The zero-order valence-electron chi connectivity index (χ0n) is 4.21. The second-order valence-corrected chi connectivity index (χ2v) is 1.11. The van der Waals surface area contributed by atoms with Gasteiger partial charge in [0.2, 0.25) is 0 Å². The van der Waals surface area contributed by atoms with Crippen LogP contribution in [0, 0.1) is 6.61 Å². The summed E-state index contributed by atoms with van der Waals surface area (Å²) in [5, 5.41) is 0. The van der Waals surface area contributed by atoms with E-state index in [2.05, 4.69) is 4.74 Å². The van der Waals surface area contributed by atoms with Crippen LogP contribution in [-0.2, 0) is 9.53 Å². The lowest BCUT2D eigenvalue weighted by molar-refractivity contribution is -0.207. The number of hydrogen-bond acceptors (Lipinski definition) is 2. The fourth-order valence-corrected chi connectivity index (χ4v) is 0.128. The Kier molecular flexibility index (Phi) is 2.56. The maximum absolute atomic E-state index is 11.0. The van der Waals surface area contributed by atoms with E-state index in [9.17, 15) is 26.7 Å². The minimum atomic E-state index is -5.37. The van der Waals surface area contributed by atoms with Gasteiger partial charge < -0.3 is 4.74 Å². The van der Waals surface area contributed by atoms with Crippen molar-refractivity contribution in [2.75, 3.05) is 0 Å². The number of ether oxygens (including phenoxy) is 1. The Morgan fingerprint density at radius 3 is 1.70 bits per heavy atom. The lowest BCUT2D eigenvalue weighted by atomic mass is 10.7. The molecule has 7 heteroatoms. The Hall–Kier alpha value is -0.880.